The third-order valence-electron chi connectivity index (χ3n) is 2.09. The molecule has 0 unspecified atom stereocenters. The molecular weight excluding hydrogens is 248 g/mol. The zero-order valence-electron chi connectivity index (χ0n) is 8.25. The van der Waals surface area contributed by atoms with E-state index in [9.17, 15) is 8.42 Å². The number of fused-ring (bicyclic) bond motifs is 1. The van der Waals surface area contributed by atoms with Gasteiger partial charge in [-0.3, -0.25) is 0 Å². The molecule has 0 aliphatic rings. The van der Waals surface area contributed by atoms with Crippen molar-refractivity contribution in [2.75, 3.05) is 18.1 Å². The zero-order valence-corrected chi connectivity index (χ0v) is 9.88. The van der Waals surface area contributed by atoms with Crippen LogP contribution < -0.4 is 5.73 Å². The summed E-state index contributed by atoms with van der Waals surface area (Å²) in [5.41, 5.74) is 6.10. The molecule has 0 saturated heterocycles. The van der Waals surface area contributed by atoms with Crippen LogP contribution in [0.3, 0.4) is 0 Å². The summed E-state index contributed by atoms with van der Waals surface area (Å²) in [7, 11) is -3.42. The lowest BCUT2D eigenvalue weighted by molar-refractivity contribution is 0.319. The highest BCUT2D eigenvalue weighted by Crippen LogP contribution is 2.26. The first kappa shape index (κ1) is 11.3. The van der Waals surface area contributed by atoms with Crippen LogP contribution in [0.25, 0.3) is 10.2 Å². The molecule has 1 heterocycles. The van der Waals surface area contributed by atoms with Gasteiger partial charge in [-0.25, -0.2) is 13.4 Å². The summed E-state index contributed by atoms with van der Waals surface area (Å²) in [6.07, 6.45) is 0. The number of nitrogens with two attached hydrogens (primary N) is 1. The minimum absolute atomic E-state index is 0.166. The average molecular weight is 258 g/mol. The molecule has 3 N–H and O–H groups in total. The largest absolute Gasteiger partial charge is 0.395 e. The van der Waals surface area contributed by atoms with Gasteiger partial charge in [-0.05, 0) is 18.2 Å². The molecule has 7 heteroatoms. The summed E-state index contributed by atoms with van der Waals surface area (Å²) in [5, 5.41) is 9.08. The molecule has 5 nitrogen and oxygen atoms in total. The van der Waals surface area contributed by atoms with E-state index in [0.29, 0.717) is 10.6 Å². The van der Waals surface area contributed by atoms with Gasteiger partial charge < -0.3 is 10.8 Å². The Hall–Kier alpha value is -1.18. The van der Waals surface area contributed by atoms with Crippen LogP contribution in [-0.4, -0.2) is 30.9 Å². The monoisotopic (exact) mass is 258 g/mol. The van der Waals surface area contributed by atoms with Gasteiger partial charge in [-0.2, -0.15) is 0 Å². The normalized spacial score (nSPS) is 12.1. The number of hydrogen-bond acceptors (Lipinski definition) is 6. The predicted molar refractivity (Wildman–Crippen MR) is 63.2 cm³/mol. The fraction of sp³-hybridized carbons (Fsp3) is 0.222. The smallest absolute Gasteiger partial charge is 0.181 e. The van der Waals surface area contributed by atoms with Crippen LogP contribution in [0.5, 0.6) is 0 Å². The topological polar surface area (TPSA) is 93.3 Å². The Labute approximate surface area is 96.5 Å². The molecule has 0 spiro atoms. The zero-order chi connectivity index (χ0) is 11.8. The second-order valence-electron chi connectivity index (χ2n) is 3.22. The Bertz CT molecular complexity index is 619. The molecule has 2 aromatic rings. The quantitative estimate of drug-likeness (QED) is 0.843. The lowest BCUT2D eigenvalue weighted by atomic mass is 10.3. The second-order valence-corrected chi connectivity index (χ2v) is 6.40. The Kier molecular flexibility index (Phi) is 2.83. The van der Waals surface area contributed by atoms with Crippen molar-refractivity contribution in [3.63, 3.8) is 0 Å². The fourth-order valence-electron chi connectivity index (χ4n) is 1.36. The molecule has 0 atom stereocenters. The maximum absolute atomic E-state index is 11.7. The number of hydrogen-bond donors (Lipinski definition) is 2. The molecular formula is C9H10N2O3S2. The van der Waals surface area contributed by atoms with Crippen LogP contribution in [0, 0.1) is 0 Å². The van der Waals surface area contributed by atoms with Gasteiger partial charge in [0.15, 0.2) is 15.0 Å². The van der Waals surface area contributed by atoms with Crippen LogP contribution >= 0.6 is 11.3 Å². The highest BCUT2D eigenvalue weighted by atomic mass is 32.2. The van der Waals surface area contributed by atoms with Gasteiger partial charge in [0, 0.05) is 0 Å². The maximum atomic E-state index is 11.7. The minimum Gasteiger partial charge on any atom is -0.395 e. The molecule has 0 fully saturated rings. The van der Waals surface area contributed by atoms with E-state index in [1.807, 2.05) is 0 Å². The molecule has 0 bridgehead atoms. The summed E-state index contributed by atoms with van der Waals surface area (Å²) >= 11 is 1.31. The van der Waals surface area contributed by atoms with Crippen LogP contribution in [0.4, 0.5) is 5.13 Å². The van der Waals surface area contributed by atoms with Crippen molar-refractivity contribution >= 4 is 36.5 Å². The van der Waals surface area contributed by atoms with Crippen molar-refractivity contribution in [3.8, 4) is 0 Å². The number of rotatable bonds is 3. The molecule has 0 saturated carbocycles. The van der Waals surface area contributed by atoms with Crippen LogP contribution in [0.2, 0.25) is 0 Å². The summed E-state index contributed by atoms with van der Waals surface area (Å²) in [6, 6.07) is 4.66. The number of nitrogen functional groups attached to an aromatic ring is 1. The van der Waals surface area contributed by atoms with Gasteiger partial charge in [0.05, 0.1) is 27.5 Å². The number of aliphatic hydroxyl groups excluding tert-OH is 1. The SMILES string of the molecule is Nc1nc2cc(S(=O)(=O)CCO)ccc2s1. The van der Waals surface area contributed by atoms with Crippen LogP contribution in [-0.2, 0) is 9.84 Å². The molecule has 0 radical (unpaired) electrons. The molecule has 2 rings (SSSR count). The third-order valence-corrected chi connectivity index (χ3v) is 4.65. The number of aromatic nitrogens is 1. The Morgan fingerprint density at radius 3 is 2.88 bits per heavy atom. The third kappa shape index (κ3) is 2.01. The Morgan fingerprint density at radius 1 is 1.44 bits per heavy atom. The summed E-state index contributed by atoms with van der Waals surface area (Å²) < 4.78 is 24.2. The van der Waals surface area contributed by atoms with Gasteiger partial charge in [-0.1, -0.05) is 11.3 Å². The first-order valence-corrected chi connectivity index (χ1v) is 6.99. The number of sulfone groups is 1. The maximum Gasteiger partial charge on any atom is 0.181 e. The van der Waals surface area contributed by atoms with Crippen molar-refractivity contribution in [3.05, 3.63) is 18.2 Å². The lowest BCUT2D eigenvalue weighted by Crippen LogP contribution is -2.09. The summed E-state index contributed by atoms with van der Waals surface area (Å²) in [6.45, 7) is -0.389. The Morgan fingerprint density at radius 2 is 2.19 bits per heavy atom. The Balaban J connectivity index is 2.54. The highest BCUT2D eigenvalue weighted by molar-refractivity contribution is 7.91. The summed E-state index contributed by atoms with van der Waals surface area (Å²) in [5.74, 6) is -0.280. The van der Waals surface area contributed by atoms with Gasteiger partial charge in [0.2, 0.25) is 0 Å². The van der Waals surface area contributed by atoms with Crippen LogP contribution in [0.1, 0.15) is 0 Å². The minimum atomic E-state index is -3.42. The molecule has 1 aromatic heterocycles. The number of thiazole rings is 1. The van der Waals surface area contributed by atoms with Crippen molar-refractivity contribution in [1.82, 2.24) is 4.98 Å². The molecule has 86 valence electrons. The van der Waals surface area contributed by atoms with Gasteiger partial charge in [0.25, 0.3) is 0 Å². The molecule has 0 amide bonds. The molecule has 0 aliphatic heterocycles. The molecule has 1 aromatic carbocycles. The van der Waals surface area contributed by atoms with Crippen molar-refractivity contribution in [1.29, 1.82) is 0 Å². The molecule has 0 aliphatic carbocycles. The standard InChI is InChI=1S/C9H10N2O3S2/c10-9-11-7-5-6(1-2-8(7)15-9)16(13,14)4-3-12/h1-2,5,12H,3-4H2,(H2,10,11). The first-order valence-electron chi connectivity index (χ1n) is 4.52. The van der Waals surface area contributed by atoms with Crippen molar-refractivity contribution in [2.24, 2.45) is 0 Å². The number of anilines is 1. The number of nitrogens with zero attached hydrogens (tertiary/aromatic N) is 1. The van der Waals surface area contributed by atoms with E-state index in [2.05, 4.69) is 4.98 Å². The van der Waals surface area contributed by atoms with Gasteiger partial charge in [-0.15, -0.1) is 0 Å². The predicted octanol–water partition coefficient (Wildman–Crippen LogP) is 0.644. The van der Waals surface area contributed by atoms with E-state index in [4.69, 9.17) is 10.8 Å². The molecule has 16 heavy (non-hydrogen) atoms. The van der Waals surface area contributed by atoms with E-state index in [-0.39, 0.29) is 17.3 Å². The van der Waals surface area contributed by atoms with E-state index < -0.39 is 9.84 Å². The lowest BCUT2D eigenvalue weighted by Gasteiger charge is -2.01. The number of benzene rings is 1. The van der Waals surface area contributed by atoms with E-state index >= 15 is 0 Å². The van der Waals surface area contributed by atoms with Crippen LogP contribution in [0.15, 0.2) is 23.1 Å². The van der Waals surface area contributed by atoms with Crippen molar-refractivity contribution in [2.45, 2.75) is 4.90 Å². The van der Waals surface area contributed by atoms with Gasteiger partial charge >= 0.3 is 0 Å². The first-order chi connectivity index (χ1) is 7.53. The van der Waals surface area contributed by atoms with Crippen molar-refractivity contribution < 1.29 is 13.5 Å². The highest BCUT2D eigenvalue weighted by Gasteiger charge is 2.14. The van der Waals surface area contributed by atoms with E-state index in [0.717, 1.165) is 4.70 Å². The second kappa shape index (κ2) is 4.00. The summed E-state index contributed by atoms with van der Waals surface area (Å²) in [4.78, 5) is 4.18. The van der Waals surface area contributed by atoms with Gasteiger partial charge in [0.1, 0.15) is 0 Å². The average Bonchev–Trinajstić information content (AvgIpc) is 2.56. The van der Waals surface area contributed by atoms with E-state index in [1.54, 1.807) is 6.07 Å². The fourth-order valence-corrected chi connectivity index (χ4v) is 3.11. The number of aliphatic hydroxyl groups is 1. The van der Waals surface area contributed by atoms with E-state index in [1.165, 1.54) is 23.5 Å².